The predicted octanol–water partition coefficient (Wildman–Crippen LogP) is 1.61. The molecule has 4 heteroatoms. The van der Waals surface area contributed by atoms with Crippen LogP contribution in [0.4, 0.5) is 0 Å². The molecule has 2 N–H and O–H groups in total. The SMILES string of the molecule is NCC1(N2CCc3sccc3C2)CCOCC1. The first-order valence-corrected chi connectivity index (χ1v) is 7.30. The van der Waals surface area contributed by atoms with Gasteiger partial charge in [-0.25, -0.2) is 0 Å². The van der Waals surface area contributed by atoms with Gasteiger partial charge < -0.3 is 10.5 Å². The van der Waals surface area contributed by atoms with E-state index in [1.165, 1.54) is 12.0 Å². The van der Waals surface area contributed by atoms with E-state index in [1.807, 2.05) is 11.3 Å². The molecule has 3 heterocycles. The minimum absolute atomic E-state index is 0.192. The predicted molar refractivity (Wildman–Crippen MR) is 70.3 cm³/mol. The molecule has 2 aliphatic rings. The molecule has 3 nitrogen and oxygen atoms in total. The maximum atomic E-state index is 6.07. The summed E-state index contributed by atoms with van der Waals surface area (Å²) < 4.78 is 5.49. The fourth-order valence-corrected chi connectivity index (χ4v) is 3.94. The van der Waals surface area contributed by atoms with Crippen molar-refractivity contribution in [2.45, 2.75) is 31.3 Å². The van der Waals surface area contributed by atoms with Crippen LogP contribution >= 0.6 is 11.3 Å². The minimum atomic E-state index is 0.192. The largest absolute Gasteiger partial charge is 0.381 e. The van der Waals surface area contributed by atoms with Crippen LogP contribution in [0.5, 0.6) is 0 Å². The van der Waals surface area contributed by atoms with Gasteiger partial charge in [-0.1, -0.05) is 0 Å². The van der Waals surface area contributed by atoms with Gasteiger partial charge in [0.15, 0.2) is 0 Å². The van der Waals surface area contributed by atoms with Gasteiger partial charge in [-0.05, 0) is 36.3 Å². The molecule has 0 aromatic carbocycles. The zero-order valence-electron chi connectivity index (χ0n) is 10.2. The molecule has 0 radical (unpaired) electrons. The Morgan fingerprint density at radius 2 is 2.24 bits per heavy atom. The molecule has 3 rings (SSSR count). The molecule has 0 amide bonds. The Balaban J connectivity index is 1.80. The quantitative estimate of drug-likeness (QED) is 0.869. The van der Waals surface area contributed by atoms with Crippen molar-refractivity contribution in [2.24, 2.45) is 5.73 Å². The number of nitrogens with two attached hydrogens (primary N) is 1. The van der Waals surface area contributed by atoms with Gasteiger partial charge in [-0.15, -0.1) is 11.3 Å². The number of hydrogen-bond acceptors (Lipinski definition) is 4. The highest BCUT2D eigenvalue weighted by atomic mass is 32.1. The Kier molecular flexibility index (Phi) is 3.21. The first-order chi connectivity index (χ1) is 8.34. The lowest BCUT2D eigenvalue weighted by Gasteiger charge is -2.47. The number of nitrogens with zero attached hydrogens (tertiary/aromatic N) is 1. The van der Waals surface area contributed by atoms with Crippen LogP contribution < -0.4 is 5.73 Å². The summed E-state index contributed by atoms with van der Waals surface area (Å²) in [5.74, 6) is 0. The van der Waals surface area contributed by atoms with Crippen LogP contribution in [-0.4, -0.2) is 36.7 Å². The van der Waals surface area contributed by atoms with Crippen LogP contribution in [-0.2, 0) is 17.7 Å². The molecular weight excluding hydrogens is 232 g/mol. The van der Waals surface area contributed by atoms with E-state index < -0.39 is 0 Å². The fraction of sp³-hybridized carbons (Fsp3) is 0.692. The standard InChI is InChI=1S/C13H20N2OS/c14-10-13(3-6-16-7-4-13)15-5-1-12-11(9-15)2-8-17-12/h2,8H,1,3-7,9-10,14H2. The van der Waals surface area contributed by atoms with E-state index in [2.05, 4.69) is 16.3 Å². The first-order valence-electron chi connectivity index (χ1n) is 6.42. The highest BCUT2D eigenvalue weighted by Gasteiger charge is 2.38. The Labute approximate surface area is 107 Å². The number of fused-ring (bicyclic) bond motifs is 1. The Bertz CT molecular complexity index is 385. The third-order valence-corrected chi connectivity index (χ3v) is 5.30. The molecule has 0 aliphatic carbocycles. The minimum Gasteiger partial charge on any atom is -0.381 e. The summed E-state index contributed by atoms with van der Waals surface area (Å²) in [6.07, 6.45) is 3.36. The number of thiophene rings is 1. The fourth-order valence-electron chi connectivity index (χ4n) is 3.05. The highest BCUT2D eigenvalue weighted by Crippen LogP contribution is 2.33. The summed E-state index contributed by atoms with van der Waals surface area (Å²) in [6, 6.07) is 2.27. The van der Waals surface area contributed by atoms with Crippen molar-refractivity contribution in [3.63, 3.8) is 0 Å². The van der Waals surface area contributed by atoms with E-state index in [0.29, 0.717) is 0 Å². The molecule has 0 spiro atoms. The van der Waals surface area contributed by atoms with Gasteiger partial charge in [0.1, 0.15) is 0 Å². The van der Waals surface area contributed by atoms with Crippen LogP contribution in [0, 0.1) is 0 Å². The Morgan fingerprint density at radius 1 is 1.41 bits per heavy atom. The highest BCUT2D eigenvalue weighted by molar-refractivity contribution is 7.10. The van der Waals surface area contributed by atoms with Gasteiger partial charge in [0.2, 0.25) is 0 Å². The average Bonchev–Trinajstić information content (AvgIpc) is 2.86. The maximum absolute atomic E-state index is 6.07. The average molecular weight is 252 g/mol. The number of ether oxygens (including phenoxy) is 1. The zero-order chi connectivity index (χ0) is 11.7. The van der Waals surface area contributed by atoms with Crippen molar-refractivity contribution in [3.05, 3.63) is 21.9 Å². The molecule has 0 bridgehead atoms. The molecule has 1 saturated heterocycles. The van der Waals surface area contributed by atoms with Crippen molar-refractivity contribution in [3.8, 4) is 0 Å². The second-order valence-corrected chi connectivity index (χ2v) is 6.08. The van der Waals surface area contributed by atoms with E-state index in [9.17, 15) is 0 Å². The van der Waals surface area contributed by atoms with Crippen LogP contribution in [0.1, 0.15) is 23.3 Å². The lowest BCUT2D eigenvalue weighted by Crippen LogP contribution is -2.57. The molecule has 0 atom stereocenters. The van der Waals surface area contributed by atoms with Crippen molar-refractivity contribution in [2.75, 3.05) is 26.3 Å². The molecule has 0 saturated carbocycles. The smallest absolute Gasteiger partial charge is 0.0484 e. The summed E-state index contributed by atoms with van der Waals surface area (Å²) >= 11 is 1.90. The molecular formula is C13H20N2OS. The Morgan fingerprint density at radius 3 is 3.00 bits per heavy atom. The normalized spacial score (nSPS) is 24.5. The van der Waals surface area contributed by atoms with Gasteiger partial charge >= 0.3 is 0 Å². The molecule has 2 aliphatic heterocycles. The third-order valence-electron chi connectivity index (χ3n) is 4.28. The molecule has 1 aromatic rings. The monoisotopic (exact) mass is 252 g/mol. The van der Waals surface area contributed by atoms with Crippen LogP contribution in [0.2, 0.25) is 0 Å². The Hall–Kier alpha value is -0.420. The van der Waals surface area contributed by atoms with Gasteiger partial charge in [0.05, 0.1) is 0 Å². The van der Waals surface area contributed by atoms with Crippen molar-refractivity contribution in [1.82, 2.24) is 4.90 Å². The van der Waals surface area contributed by atoms with Crippen LogP contribution in [0.25, 0.3) is 0 Å². The van der Waals surface area contributed by atoms with Crippen LogP contribution in [0.15, 0.2) is 11.4 Å². The molecule has 1 fully saturated rings. The second kappa shape index (κ2) is 4.69. The molecule has 0 unspecified atom stereocenters. The number of rotatable bonds is 2. The van der Waals surface area contributed by atoms with Crippen molar-refractivity contribution in [1.29, 1.82) is 0 Å². The second-order valence-electron chi connectivity index (χ2n) is 5.08. The van der Waals surface area contributed by atoms with E-state index in [0.717, 1.165) is 45.7 Å². The van der Waals surface area contributed by atoms with E-state index in [4.69, 9.17) is 10.5 Å². The zero-order valence-corrected chi connectivity index (χ0v) is 11.0. The first kappa shape index (κ1) is 11.7. The van der Waals surface area contributed by atoms with Gasteiger partial charge in [0, 0.05) is 43.3 Å². The summed E-state index contributed by atoms with van der Waals surface area (Å²) in [5.41, 5.74) is 7.78. The van der Waals surface area contributed by atoms with Gasteiger partial charge in [0.25, 0.3) is 0 Å². The summed E-state index contributed by atoms with van der Waals surface area (Å²) in [4.78, 5) is 4.17. The molecule has 17 heavy (non-hydrogen) atoms. The lowest BCUT2D eigenvalue weighted by molar-refractivity contribution is -0.0302. The van der Waals surface area contributed by atoms with Crippen molar-refractivity contribution < 1.29 is 4.74 Å². The third kappa shape index (κ3) is 2.03. The van der Waals surface area contributed by atoms with E-state index in [-0.39, 0.29) is 5.54 Å². The van der Waals surface area contributed by atoms with Crippen molar-refractivity contribution >= 4 is 11.3 Å². The summed E-state index contributed by atoms with van der Waals surface area (Å²) in [7, 11) is 0. The van der Waals surface area contributed by atoms with Crippen LogP contribution in [0.3, 0.4) is 0 Å². The summed E-state index contributed by atoms with van der Waals surface area (Å²) in [6.45, 7) is 4.73. The van der Waals surface area contributed by atoms with Gasteiger partial charge in [-0.2, -0.15) is 0 Å². The maximum Gasteiger partial charge on any atom is 0.0484 e. The molecule has 94 valence electrons. The number of hydrogen-bond donors (Lipinski definition) is 1. The summed E-state index contributed by atoms with van der Waals surface area (Å²) in [5, 5.41) is 2.22. The molecule has 1 aromatic heterocycles. The lowest BCUT2D eigenvalue weighted by atomic mass is 9.86. The van der Waals surface area contributed by atoms with Gasteiger partial charge in [-0.3, -0.25) is 4.90 Å². The topological polar surface area (TPSA) is 38.5 Å². The van der Waals surface area contributed by atoms with E-state index >= 15 is 0 Å². The van der Waals surface area contributed by atoms with E-state index in [1.54, 1.807) is 4.88 Å².